The standard InChI is InChI=1S/C21H23N3O2/c1-15-18(19-8-4-5-9-20(19)23-15)12-13-22-14-17-7-3-2-6-16(17)10-11-21(25)24-26/h2-11,22-23,26H,12-14H2,1H3,(H,24,25). The predicted molar refractivity (Wildman–Crippen MR) is 104 cm³/mol. The number of benzene rings is 2. The molecule has 4 N–H and O–H groups in total. The molecular weight excluding hydrogens is 326 g/mol. The smallest absolute Gasteiger partial charge is 0.267 e. The minimum absolute atomic E-state index is 0.539. The molecular formula is C21H23N3O2. The summed E-state index contributed by atoms with van der Waals surface area (Å²) in [5.74, 6) is -0.539. The van der Waals surface area contributed by atoms with Crippen molar-refractivity contribution in [1.29, 1.82) is 0 Å². The van der Waals surface area contributed by atoms with Gasteiger partial charge in [0.15, 0.2) is 0 Å². The van der Waals surface area contributed by atoms with Gasteiger partial charge in [-0.2, -0.15) is 0 Å². The van der Waals surface area contributed by atoms with Gasteiger partial charge in [0.05, 0.1) is 0 Å². The fourth-order valence-electron chi connectivity index (χ4n) is 3.15. The van der Waals surface area contributed by atoms with Gasteiger partial charge in [0.25, 0.3) is 5.91 Å². The fourth-order valence-corrected chi connectivity index (χ4v) is 3.15. The fraction of sp³-hybridized carbons (Fsp3) is 0.190. The van der Waals surface area contributed by atoms with Crippen molar-refractivity contribution in [2.75, 3.05) is 6.54 Å². The first-order valence-electron chi connectivity index (χ1n) is 8.66. The molecule has 0 aliphatic carbocycles. The molecule has 1 amide bonds. The number of para-hydroxylation sites is 1. The van der Waals surface area contributed by atoms with Crippen LogP contribution >= 0.6 is 0 Å². The van der Waals surface area contributed by atoms with Crippen LogP contribution in [0.25, 0.3) is 17.0 Å². The monoisotopic (exact) mass is 349 g/mol. The van der Waals surface area contributed by atoms with Crippen LogP contribution in [0.5, 0.6) is 0 Å². The number of nitrogens with one attached hydrogen (secondary N) is 3. The van der Waals surface area contributed by atoms with Crippen molar-refractivity contribution in [1.82, 2.24) is 15.8 Å². The molecule has 5 nitrogen and oxygen atoms in total. The molecule has 1 heterocycles. The van der Waals surface area contributed by atoms with Gasteiger partial charge in [-0.15, -0.1) is 0 Å². The first-order valence-corrected chi connectivity index (χ1v) is 8.66. The molecule has 0 unspecified atom stereocenters. The Labute approximate surface area is 152 Å². The number of aromatic nitrogens is 1. The van der Waals surface area contributed by atoms with E-state index in [0.29, 0.717) is 6.54 Å². The van der Waals surface area contributed by atoms with E-state index in [1.54, 1.807) is 11.6 Å². The number of aromatic amines is 1. The van der Waals surface area contributed by atoms with E-state index in [9.17, 15) is 4.79 Å². The van der Waals surface area contributed by atoms with Gasteiger partial charge in [-0.05, 0) is 48.7 Å². The molecule has 26 heavy (non-hydrogen) atoms. The maximum absolute atomic E-state index is 11.2. The first kappa shape index (κ1) is 17.9. The molecule has 0 spiro atoms. The molecule has 0 aliphatic heterocycles. The van der Waals surface area contributed by atoms with Gasteiger partial charge in [-0.1, -0.05) is 42.5 Å². The first-order chi connectivity index (χ1) is 12.7. The number of aryl methyl sites for hydroxylation is 1. The van der Waals surface area contributed by atoms with E-state index in [1.165, 1.54) is 28.2 Å². The molecule has 0 radical (unpaired) electrons. The second kappa shape index (κ2) is 8.47. The van der Waals surface area contributed by atoms with Crippen LogP contribution in [0.15, 0.2) is 54.6 Å². The van der Waals surface area contributed by atoms with Gasteiger partial charge in [-0.25, -0.2) is 5.48 Å². The van der Waals surface area contributed by atoms with E-state index in [2.05, 4.69) is 35.4 Å². The molecule has 3 rings (SSSR count). The van der Waals surface area contributed by atoms with Gasteiger partial charge in [0.2, 0.25) is 0 Å². The molecule has 0 bridgehead atoms. The summed E-state index contributed by atoms with van der Waals surface area (Å²) in [5, 5.41) is 13.3. The van der Waals surface area contributed by atoms with Crippen LogP contribution in [0, 0.1) is 6.92 Å². The van der Waals surface area contributed by atoms with E-state index in [-0.39, 0.29) is 0 Å². The second-order valence-electron chi connectivity index (χ2n) is 6.21. The Hall–Kier alpha value is -2.89. The molecule has 5 heteroatoms. The Kier molecular flexibility index (Phi) is 5.84. The van der Waals surface area contributed by atoms with Crippen LogP contribution in [0.1, 0.15) is 22.4 Å². The topological polar surface area (TPSA) is 77.2 Å². The largest absolute Gasteiger partial charge is 0.358 e. The predicted octanol–water partition coefficient (Wildman–Crippen LogP) is 3.33. The van der Waals surface area contributed by atoms with Gasteiger partial charge >= 0.3 is 0 Å². The molecule has 0 atom stereocenters. The Morgan fingerprint density at radius 3 is 2.77 bits per heavy atom. The summed E-state index contributed by atoms with van der Waals surface area (Å²) in [4.78, 5) is 14.6. The van der Waals surface area contributed by atoms with Crippen molar-refractivity contribution >= 4 is 22.9 Å². The average molecular weight is 349 g/mol. The van der Waals surface area contributed by atoms with E-state index in [1.807, 2.05) is 30.3 Å². The lowest BCUT2D eigenvalue weighted by molar-refractivity contribution is -0.124. The number of rotatable bonds is 7. The Balaban J connectivity index is 1.61. The summed E-state index contributed by atoms with van der Waals surface area (Å²) in [5.41, 5.74) is 7.39. The number of fused-ring (bicyclic) bond motifs is 1. The summed E-state index contributed by atoms with van der Waals surface area (Å²) < 4.78 is 0. The molecule has 0 aliphatic rings. The number of carbonyl (C=O) groups is 1. The lowest BCUT2D eigenvalue weighted by Crippen LogP contribution is -2.17. The third kappa shape index (κ3) is 4.20. The van der Waals surface area contributed by atoms with Crippen molar-refractivity contribution in [2.45, 2.75) is 19.9 Å². The number of hydrogen-bond donors (Lipinski definition) is 4. The van der Waals surface area contributed by atoms with Gasteiger partial charge in [0.1, 0.15) is 0 Å². The van der Waals surface area contributed by atoms with Crippen molar-refractivity contribution in [3.63, 3.8) is 0 Å². The number of amides is 1. The van der Waals surface area contributed by atoms with Crippen LogP contribution in [-0.4, -0.2) is 22.6 Å². The molecule has 3 aromatic rings. The third-order valence-corrected chi connectivity index (χ3v) is 4.47. The third-order valence-electron chi connectivity index (χ3n) is 4.47. The van der Waals surface area contributed by atoms with Crippen molar-refractivity contribution < 1.29 is 10.0 Å². The van der Waals surface area contributed by atoms with Crippen LogP contribution in [0.4, 0.5) is 0 Å². The van der Waals surface area contributed by atoms with Gasteiger partial charge in [0, 0.05) is 29.2 Å². The molecule has 2 aromatic carbocycles. The highest BCUT2D eigenvalue weighted by atomic mass is 16.5. The molecule has 0 saturated heterocycles. The van der Waals surface area contributed by atoms with Crippen LogP contribution in [-0.2, 0) is 17.8 Å². The van der Waals surface area contributed by atoms with Crippen LogP contribution in [0.2, 0.25) is 0 Å². The number of H-pyrrole nitrogens is 1. The van der Waals surface area contributed by atoms with E-state index >= 15 is 0 Å². The molecule has 1 aromatic heterocycles. The SMILES string of the molecule is Cc1[nH]c2ccccc2c1CCNCc1ccccc1C=CC(=O)NO. The molecule has 0 saturated carbocycles. The quantitative estimate of drug-likeness (QED) is 0.229. The van der Waals surface area contributed by atoms with E-state index in [4.69, 9.17) is 5.21 Å². The van der Waals surface area contributed by atoms with Gasteiger partial charge < -0.3 is 10.3 Å². The molecule has 0 fully saturated rings. The number of hydroxylamine groups is 1. The van der Waals surface area contributed by atoms with E-state index < -0.39 is 5.91 Å². The van der Waals surface area contributed by atoms with E-state index in [0.717, 1.165) is 24.1 Å². The van der Waals surface area contributed by atoms with Crippen molar-refractivity contribution in [3.8, 4) is 0 Å². The lowest BCUT2D eigenvalue weighted by Gasteiger charge is -2.08. The summed E-state index contributed by atoms with van der Waals surface area (Å²) in [7, 11) is 0. The summed E-state index contributed by atoms with van der Waals surface area (Å²) in [6, 6.07) is 16.2. The maximum atomic E-state index is 11.2. The second-order valence-corrected chi connectivity index (χ2v) is 6.21. The summed E-state index contributed by atoms with van der Waals surface area (Å²) in [6.45, 7) is 3.68. The van der Waals surface area contributed by atoms with Gasteiger partial charge in [-0.3, -0.25) is 10.0 Å². The highest BCUT2D eigenvalue weighted by Gasteiger charge is 2.07. The number of hydrogen-bond acceptors (Lipinski definition) is 3. The maximum Gasteiger partial charge on any atom is 0.267 e. The summed E-state index contributed by atoms with van der Waals surface area (Å²) in [6.07, 6.45) is 3.96. The Morgan fingerprint density at radius 1 is 1.15 bits per heavy atom. The zero-order valence-corrected chi connectivity index (χ0v) is 14.8. The van der Waals surface area contributed by atoms with Crippen LogP contribution in [0.3, 0.4) is 0 Å². The average Bonchev–Trinajstić information content (AvgIpc) is 2.99. The van der Waals surface area contributed by atoms with Crippen molar-refractivity contribution in [2.24, 2.45) is 0 Å². The Morgan fingerprint density at radius 2 is 1.92 bits per heavy atom. The van der Waals surface area contributed by atoms with Crippen molar-refractivity contribution in [3.05, 3.63) is 77.0 Å². The summed E-state index contributed by atoms with van der Waals surface area (Å²) >= 11 is 0. The minimum Gasteiger partial charge on any atom is -0.358 e. The molecule has 134 valence electrons. The highest BCUT2D eigenvalue weighted by Crippen LogP contribution is 2.22. The zero-order chi connectivity index (χ0) is 18.4. The normalized spacial score (nSPS) is 11.3. The zero-order valence-electron chi connectivity index (χ0n) is 14.8. The Bertz CT molecular complexity index is 928. The van der Waals surface area contributed by atoms with Crippen LogP contribution < -0.4 is 10.8 Å². The number of carbonyl (C=O) groups excluding carboxylic acids is 1. The lowest BCUT2D eigenvalue weighted by atomic mass is 10.1. The minimum atomic E-state index is -0.539. The highest BCUT2D eigenvalue weighted by molar-refractivity contribution is 5.91.